The van der Waals surface area contributed by atoms with E-state index in [9.17, 15) is 22.8 Å². The maximum absolute atomic E-state index is 13.8. The summed E-state index contributed by atoms with van der Waals surface area (Å²) < 4.78 is 26.9. The van der Waals surface area contributed by atoms with Crippen molar-refractivity contribution in [1.29, 1.82) is 0 Å². The molecule has 8 nitrogen and oxygen atoms in total. The van der Waals surface area contributed by atoms with Crippen molar-refractivity contribution in [2.75, 3.05) is 13.1 Å². The van der Waals surface area contributed by atoms with Crippen molar-refractivity contribution in [3.8, 4) is 0 Å². The van der Waals surface area contributed by atoms with Gasteiger partial charge in [-0.25, -0.2) is 12.7 Å². The van der Waals surface area contributed by atoms with Crippen LogP contribution in [0.4, 0.5) is 0 Å². The number of sulfonamides is 1. The first-order chi connectivity index (χ1) is 19.1. The minimum atomic E-state index is -4.05. The molecule has 3 aromatic carbocycles. The normalized spacial score (nSPS) is 14.6. The summed E-state index contributed by atoms with van der Waals surface area (Å²) in [6.45, 7) is 6.25. The van der Waals surface area contributed by atoms with Crippen LogP contribution in [0.1, 0.15) is 47.3 Å². The van der Waals surface area contributed by atoms with E-state index in [0.29, 0.717) is 6.54 Å². The van der Waals surface area contributed by atoms with Gasteiger partial charge >= 0.3 is 0 Å². The Balaban J connectivity index is 1.63. The Bertz CT molecular complexity index is 1470. The third kappa shape index (κ3) is 6.59. The fraction of sp³-hybridized carbons (Fsp3) is 0.323. The molecule has 1 atom stereocenters. The van der Waals surface area contributed by atoms with Gasteiger partial charge in [0.2, 0.25) is 11.8 Å². The van der Waals surface area contributed by atoms with Gasteiger partial charge in [-0.15, -0.1) is 0 Å². The Morgan fingerprint density at radius 1 is 0.900 bits per heavy atom. The number of hydrogen-bond acceptors (Lipinski definition) is 5. The van der Waals surface area contributed by atoms with Crippen LogP contribution in [0.2, 0.25) is 0 Å². The molecule has 0 bridgehead atoms. The number of nitrogens with zero attached hydrogens (tertiary/aromatic N) is 2. The van der Waals surface area contributed by atoms with E-state index in [0.717, 1.165) is 21.0 Å². The molecule has 3 aromatic rings. The number of hydrogen-bond donors (Lipinski definition) is 1. The molecule has 1 aliphatic rings. The summed E-state index contributed by atoms with van der Waals surface area (Å²) in [6.07, 6.45) is 0.0301. The van der Waals surface area contributed by atoms with Crippen LogP contribution in [0.5, 0.6) is 0 Å². The number of amides is 3. The third-order valence-electron chi connectivity index (χ3n) is 6.87. The average Bonchev–Trinajstić information content (AvgIpc) is 3.14. The molecule has 0 radical (unpaired) electrons. The third-order valence-corrected chi connectivity index (χ3v) is 8.71. The highest BCUT2D eigenvalue weighted by molar-refractivity contribution is 7.90. The molecule has 1 N–H and O–H groups in total. The predicted octanol–water partition coefficient (Wildman–Crippen LogP) is 3.94. The monoisotopic (exact) mass is 561 g/mol. The van der Waals surface area contributed by atoms with E-state index in [4.69, 9.17) is 0 Å². The molecule has 9 heteroatoms. The van der Waals surface area contributed by atoms with Crippen LogP contribution in [0.3, 0.4) is 0 Å². The number of rotatable bonds is 11. The second-order valence-corrected chi connectivity index (χ2v) is 12.3. The fourth-order valence-corrected chi connectivity index (χ4v) is 6.23. The van der Waals surface area contributed by atoms with Crippen LogP contribution < -0.4 is 5.32 Å². The van der Waals surface area contributed by atoms with Crippen molar-refractivity contribution in [3.63, 3.8) is 0 Å². The van der Waals surface area contributed by atoms with Crippen molar-refractivity contribution in [2.45, 2.75) is 51.1 Å². The molecule has 0 unspecified atom stereocenters. The first-order valence-corrected chi connectivity index (χ1v) is 14.8. The molecule has 1 heterocycles. The molecule has 4 rings (SSSR count). The van der Waals surface area contributed by atoms with Crippen molar-refractivity contribution in [1.82, 2.24) is 14.5 Å². The van der Waals surface area contributed by atoms with E-state index < -0.39 is 27.9 Å². The lowest BCUT2D eigenvalue weighted by Crippen LogP contribution is -2.51. The lowest BCUT2D eigenvalue weighted by atomic mass is 10.0. The first-order valence-electron chi connectivity index (χ1n) is 13.4. The smallest absolute Gasteiger partial charge is 0.269 e. The van der Waals surface area contributed by atoms with Crippen LogP contribution in [0.25, 0.3) is 0 Å². The van der Waals surface area contributed by atoms with Crippen molar-refractivity contribution >= 4 is 27.7 Å². The summed E-state index contributed by atoms with van der Waals surface area (Å²) in [5.41, 5.74) is 2.89. The van der Waals surface area contributed by atoms with E-state index in [-0.39, 0.29) is 48.2 Å². The number of carbonyl (C=O) groups is 3. The number of nitrogens with one attached hydrogen (secondary N) is 1. The van der Waals surface area contributed by atoms with Crippen molar-refractivity contribution < 1.29 is 22.8 Å². The van der Waals surface area contributed by atoms with Gasteiger partial charge in [-0.05, 0) is 36.1 Å². The summed E-state index contributed by atoms with van der Waals surface area (Å²) in [6, 6.07) is 22.4. The fourth-order valence-electron chi connectivity index (χ4n) is 4.66. The Morgan fingerprint density at radius 2 is 1.55 bits per heavy atom. The van der Waals surface area contributed by atoms with Crippen molar-refractivity contribution in [3.05, 3.63) is 101 Å². The van der Waals surface area contributed by atoms with Gasteiger partial charge in [-0.1, -0.05) is 86.1 Å². The predicted molar refractivity (Wildman–Crippen MR) is 153 cm³/mol. The lowest BCUT2D eigenvalue weighted by molar-refractivity contribution is -0.141. The average molecular weight is 562 g/mol. The second-order valence-electron chi connectivity index (χ2n) is 10.5. The largest absolute Gasteiger partial charge is 0.354 e. The summed E-state index contributed by atoms with van der Waals surface area (Å²) >= 11 is 0. The van der Waals surface area contributed by atoms with Crippen LogP contribution in [0.15, 0.2) is 83.8 Å². The highest BCUT2D eigenvalue weighted by atomic mass is 32.2. The van der Waals surface area contributed by atoms with Crippen LogP contribution in [0, 0.1) is 12.8 Å². The van der Waals surface area contributed by atoms with Gasteiger partial charge in [-0.2, -0.15) is 0 Å². The summed E-state index contributed by atoms with van der Waals surface area (Å²) in [7, 11) is -4.05. The minimum Gasteiger partial charge on any atom is -0.354 e. The van der Waals surface area contributed by atoms with Gasteiger partial charge in [0.1, 0.15) is 10.9 Å². The molecule has 0 saturated heterocycles. The Morgan fingerprint density at radius 3 is 2.20 bits per heavy atom. The number of fused-ring (bicyclic) bond motifs is 1. The molecule has 0 saturated carbocycles. The summed E-state index contributed by atoms with van der Waals surface area (Å²) in [4.78, 5) is 41.7. The molecule has 1 aliphatic heterocycles. The quantitative estimate of drug-likeness (QED) is 0.382. The molecule has 0 aromatic heterocycles. The molecule has 0 aliphatic carbocycles. The number of benzene rings is 3. The van der Waals surface area contributed by atoms with E-state index in [2.05, 4.69) is 5.32 Å². The number of carbonyl (C=O) groups excluding carboxylic acids is 3. The first kappa shape index (κ1) is 29.0. The van der Waals surface area contributed by atoms with Gasteiger partial charge in [0.15, 0.2) is 0 Å². The molecular formula is C31H35N3O5S. The SMILES string of the molecule is Cc1ccc(CN(C(=O)CCN2C(=O)c3ccccc3S2(=O)=O)[C@H](Cc2ccccc2)C(=O)NCC(C)C)cc1. The second kappa shape index (κ2) is 12.5. The van der Waals surface area contributed by atoms with E-state index in [1.54, 1.807) is 12.1 Å². The standard InChI is InChI=1S/C31H35N3O5S/c1-22(2)20-32-30(36)27(19-24-9-5-4-6-10-24)33(21-25-15-13-23(3)14-16-25)29(35)17-18-34-31(37)26-11-7-8-12-28(26)40(34,38)39/h4-16,22,27H,17-21H2,1-3H3,(H,32,36)/t27-/m1/s1. The minimum absolute atomic E-state index is 0.0565. The zero-order chi connectivity index (χ0) is 28.9. The van der Waals surface area contributed by atoms with Crippen molar-refractivity contribution in [2.24, 2.45) is 5.92 Å². The van der Waals surface area contributed by atoms with Gasteiger partial charge in [0, 0.05) is 32.5 Å². The Kier molecular flexibility index (Phi) is 9.04. The maximum Gasteiger partial charge on any atom is 0.269 e. The van der Waals surface area contributed by atoms with Crippen LogP contribution >= 0.6 is 0 Å². The van der Waals surface area contributed by atoms with E-state index >= 15 is 0 Å². The molecule has 40 heavy (non-hydrogen) atoms. The molecule has 210 valence electrons. The van der Waals surface area contributed by atoms with Gasteiger partial charge in [0.25, 0.3) is 15.9 Å². The topological polar surface area (TPSA) is 104 Å². The maximum atomic E-state index is 13.8. The molecule has 0 fully saturated rings. The highest BCUT2D eigenvalue weighted by Gasteiger charge is 2.41. The zero-order valence-corrected chi connectivity index (χ0v) is 23.9. The van der Waals surface area contributed by atoms with E-state index in [1.165, 1.54) is 17.0 Å². The molecule has 0 spiro atoms. The highest BCUT2D eigenvalue weighted by Crippen LogP contribution is 2.30. The molecular weight excluding hydrogens is 526 g/mol. The van der Waals surface area contributed by atoms with Gasteiger partial charge in [0.05, 0.1) is 5.56 Å². The van der Waals surface area contributed by atoms with Gasteiger partial charge in [-0.3, -0.25) is 14.4 Å². The summed E-state index contributed by atoms with van der Waals surface area (Å²) in [5, 5.41) is 2.97. The van der Waals surface area contributed by atoms with Crippen LogP contribution in [-0.2, 0) is 32.6 Å². The van der Waals surface area contributed by atoms with Crippen LogP contribution in [-0.4, -0.2) is 54.5 Å². The zero-order valence-electron chi connectivity index (χ0n) is 23.0. The lowest BCUT2D eigenvalue weighted by Gasteiger charge is -2.32. The number of aryl methyl sites for hydroxylation is 1. The Labute approximate surface area is 236 Å². The van der Waals surface area contributed by atoms with E-state index in [1.807, 2.05) is 75.4 Å². The van der Waals surface area contributed by atoms with Gasteiger partial charge < -0.3 is 10.2 Å². The summed E-state index contributed by atoms with van der Waals surface area (Å²) in [5.74, 6) is -1.13. The molecule has 3 amide bonds. The Hall–Kier alpha value is -3.98.